The summed E-state index contributed by atoms with van der Waals surface area (Å²) >= 11 is 0. The Hall–Kier alpha value is -5.60. The minimum Gasteiger partial charge on any atom is -0.456 e. The second-order valence-electron chi connectivity index (χ2n) is 21.7. The molecule has 0 spiro atoms. The van der Waals surface area contributed by atoms with Gasteiger partial charge < -0.3 is 60.1 Å². The molecule has 4 aliphatic rings. The summed E-state index contributed by atoms with van der Waals surface area (Å²) in [5, 5.41) is 26.1. The summed E-state index contributed by atoms with van der Waals surface area (Å²) in [6.45, 7) is 18.6. The van der Waals surface area contributed by atoms with Gasteiger partial charge in [0.15, 0.2) is 11.8 Å². The van der Waals surface area contributed by atoms with E-state index in [2.05, 4.69) is 124 Å². The zero-order valence-electron chi connectivity index (χ0n) is 45.9. The first-order chi connectivity index (χ1) is 37.4. The van der Waals surface area contributed by atoms with E-state index < -0.39 is 60.3 Å². The molecule has 0 radical (unpaired) electrons. The van der Waals surface area contributed by atoms with Crippen molar-refractivity contribution in [2.45, 2.75) is 129 Å². The number of nitrogens with one attached hydrogen (secondary N) is 1. The fourth-order valence-corrected chi connectivity index (χ4v) is 14.7. The van der Waals surface area contributed by atoms with Gasteiger partial charge in [-0.1, -0.05) is 43.9 Å². The molecule has 1 aromatic heterocycles. The number of phosphoric acid groups is 3. The first-order valence-corrected chi connectivity index (χ1v) is 30.6. The van der Waals surface area contributed by atoms with Crippen LogP contribution in [0.15, 0.2) is 59.5 Å². The van der Waals surface area contributed by atoms with Gasteiger partial charge in [0, 0.05) is 84.0 Å². The third-order valence-corrected chi connectivity index (χ3v) is 18.8. The molecule has 27 heteroatoms. The van der Waals surface area contributed by atoms with Crippen molar-refractivity contribution in [2.24, 2.45) is 0 Å². The van der Waals surface area contributed by atoms with Gasteiger partial charge in [0.05, 0.1) is 24.8 Å². The number of aliphatic hydroxyl groups excluding tert-OH is 2. The molecule has 3 aromatic carbocycles. The number of phosphoric ester groups is 1. The number of nitrogens with two attached hydrogens (primary N) is 1. The number of carbonyl (C=O) groups excluding carboxylic acids is 2. The molecule has 432 valence electrons. The van der Waals surface area contributed by atoms with Gasteiger partial charge >= 0.3 is 29.2 Å². The van der Waals surface area contributed by atoms with Crippen molar-refractivity contribution in [1.29, 1.82) is 0 Å². The van der Waals surface area contributed by atoms with Crippen LogP contribution in [-0.4, -0.2) is 125 Å². The number of nitrogen functional groups attached to an aromatic ring is 1. The molecule has 4 aliphatic heterocycles. The van der Waals surface area contributed by atoms with Crippen molar-refractivity contribution in [3.8, 4) is 23.3 Å². The predicted molar refractivity (Wildman–Crippen MR) is 294 cm³/mol. The molecule has 24 nitrogen and oxygen atoms in total. The maximum absolute atomic E-state index is 14.7. The second kappa shape index (κ2) is 23.0. The van der Waals surface area contributed by atoms with Crippen LogP contribution in [0.3, 0.4) is 0 Å². The molecular formula is C53H69N7O17P3+. The van der Waals surface area contributed by atoms with Gasteiger partial charge in [-0.15, -0.1) is 0 Å². The highest BCUT2D eigenvalue weighted by atomic mass is 31.3. The molecule has 5 heterocycles. The number of nitrogens with zero attached hydrogens (tertiary/aromatic N) is 5. The van der Waals surface area contributed by atoms with Crippen LogP contribution in [0.4, 0.5) is 11.5 Å². The summed E-state index contributed by atoms with van der Waals surface area (Å²) in [6, 6.07) is 16.6. The van der Waals surface area contributed by atoms with Gasteiger partial charge in [-0.3, -0.25) is 18.7 Å². The molecule has 0 aliphatic carbocycles. The Kier molecular flexibility index (Phi) is 17.4. The topological polar surface area (TPSA) is 335 Å². The maximum atomic E-state index is 14.7. The van der Waals surface area contributed by atoms with Gasteiger partial charge in [0.25, 0.3) is 5.91 Å². The Bertz CT molecular complexity index is 3540. The lowest BCUT2D eigenvalue weighted by molar-refractivity contribution is -0.121. The lowest BCUT2D eigenvalue weighted by Gasteiger charge is -2.47. The number of ether oxygens (including phenoxy) is 2. The van der Waals surface area contributed by atoms with Crippen LogP contribution >= 0.6 is 23.5 Å². The average molecular weight is 1170 g/mol. The van der Waals surface area contributed by atoms with Crippen LogP contribution in [-0.2, 0) is 36.4 Å². The number of anilines is 2. The Morgan fingerprint density at radius 3 is 2.33 bits per heavy atom. The number of hydrogen-bond donors (Lipinski definition) is 8. The van der Waals surface area contributed by atoms with Crippen molar-refractivity contribution in [3.05, 3.63) is 109 Å². The SMILES string of the molecule is CCN1c2cc3c(cc2C(C)CC1(C)C)C(c1ccccc1C(=O)N(C)CCCC(=O)NCC#Cc1cn([C@@H]2O[C@H](COP(=O)(O)OP(=O)(O)OP(=O)(O)O)[C@@H](O)[C@H]2O)c(=O)nc1N)=c1cc2c(cc1O3)=[N+](CC)C(C)(C)CC2C. The number of aromatic nitrogens is 2. The lowest BCUT2D eigenvalue weighted by atomic mass is 9.77. The molecule has 0 saturated carbocycles. The van der Waals surface area contributed by atoms with Gasteiger partial charge in [-0.25, -0.2) is 23.1 Å². The predicted octanol–water partition coefficient (Wildman–Crippen LogP) is 4.07. The molecule has 0 bridgehead atoms. The summed E-state index contributed by atoms with van der Waals surface area (Å²) in [6.07, 6.45) is -3.88. The zero-order chi connectivity index (χ0) is 58.6. The molecule has 4 unspecified atom stereocenters. The molecular weight excluding hydrogens is 1100 g/mol. The third kappa shape index (κ3) is 12.7. The van der Waals surface area contributed by atoms with Crippen molar-refractivity contribution < 1.29 is 75.7 Å². The van der Waals surface area contributed by atoms with E-state index in [-0.39, 0.29) is 65.6 Å². The molecule has 1 fully saturated rings. The van der Waals surface area contributed by atoms with Crippen LogP contribution in [0.1, 0.15) is 137 Å². The normalized spacial score (nSPS) is 23.2. The molecule has 1 saturated heterocycles. The van der Waals surface area contributed by atoms with Crippen LogP contribution < -0.4 is 41.5 Å². The number of fused-ring (bicyclic) bond motifs is 4. The monoisotopic (exact) mass is 1170 g/mol. The minimum atomic E-state index is -5.85. The third-order valence-electron chi connectivity index (χ3n) is 15.0. The number of amides is 2. The van der Waals surface area contributed by atoms with E-state index >= 15 is 0 Å². The highest BCUT2D eigenvalue weighted by Gasteiger charge is 2.47. The number of rotatable bonds is 17. The van der Waals surface area contributed by atoms with E-state index in [1.54, 1.807) is 11.9 Å². The Morgan fingerprint density at radius 1 is 0.938 bits per heavy atom. The van der Waals surface area contributed by atoms with Crippen molar-refractivity contribution in [2.75, 3.05) is 50.5 Å². The fourth-order valence-electron chi connectivity index (χ4n) is 11.7. The van der Waals surface area contributed by atoms with E-state index in [4.69, 9.17) is 25.0 Å². The molecule has 8 atom stereocenters. The van der Waals surface area contributed by atoms with E-state index in [9.17, 15) is 48.1 Å². The average Bonchev–Trinajstić information content (AvgIpc) is 3.69. The maximum Gasteiger partial charge on any atom is 0.490 e. The fraction of sp³-hybridized carbons (Fsp3) is 0.491. The van der Waals surface area contributed by atoms with E-state index in [1.165, 1.54) is 11.1 Å². The summed E-state index contributed by atoms with van der Waals surface area (Å²) in [7, 11) is -15.4. The van der Waals surface area contributed by atoms with E-state index in [0.29, 0.717) is 16.6 Å². The van der Waals surface area contributed by atoms with Gasteiger partial charge in [-0.2, -0.15) is 13.6 Å². The van der Waals surface area contributed by atoms with Crippen LogP contribution in [0.2, 0.25) is 0 Å². The summed E-state index contributed by atoms with van der Waals surface area (Å²) in [5.41, 5.74) is 11.4. The van der Waals surface area contributed by atoms with Crippen molar-refractivity contribution in [3.63, 3.8) is 0 Å². The number of aliphatic hydroxyl groups is 2. The van der Waals surface area contributed by atoms with E-state index in [1.807, 2.05) is 24.3 Å². The first kappa shape index (κ1) is 60.5. The number of benzene rings is 3. The number of hydrogen-bond acceptors (Lipinski definition) is 16. The highest BCUT2D eigenvalue weighted by molar-refractivity contribution is 7.66. The van der Waals surface area contributed by atoms with Gasteiger partial charge in [0.2, 0.25) is 11.3 Å². The Balaban J connectivity index is 0.959. The van der Waals surface area contributed by atoms with Crippen molar-refractivity contribution in [1.82, 2.24) is 24.3 Å². The van der Waals surface area contributed by atoms with E-state index in [0.717, 1.165) is 76.6 Å². The second-order valence-corrected chi connectivity index (χ2v) is 26.2. The summed E-state index contributed by atoms with van der Waals surface area (Å²) in [4.78, 5) is 85.0. The lowest BCUT2D eigenvalue weighted by Crippen LogP contribution is -2.52. The molecule has 2 amide bonds. The minimum absolute atomic E-state index is 0.0389. The Morgan fingerprint density at radius 2 is 1.64 bits per heavy atom. The zero-order valence-corrected chi connectivity index (χ0v) is 48.5. The Labute approximate surface area is 462 Å². The largest absolute Gasteiger partial charge is 0.490 e. The van der Waals surface area contributed by atoms with Crippen LogP contribution in [0.25, 0.3) is 5.57 Å². The van der Waals surface area contributed by atoms with Gasteiger partial charge in [-0.05, 0) is 95.5 Å². The standard InChI is InChI=1S/C53H68N7O17P3/c1-10-59-39-24-41-37(22-35(39)30(3)26-52(59,5)6)45(38-23-36-31(4)27-53(7,8)60(11-2)40(36)25-42(38)74-41)33-17-12-13-18-34(33)49(64)57(9)21-15-19-44(61)55-20-14-16-32-28-58(51(65)56-48(32)54)50-47(63)46(62)43(75-50)29-73-79(69,70)77-80(71,72)76-78(66,67)68/h12-13,17-18,22-25,28,30-31,43,46-47,50,62-63H,10-11,15,19-21,26-27,29H2,1-9H3,(H6-,54,55,56,61,65,66,67,68,69,70,71,72)/p+1/t30?,31?,43-,46-,47-,50-/m1/s1. The van der Waals surface area contributed by atoms with Crippen LogP contribution in [0, 0.1) is 11.8 Å². The van der Waals surface area contributed by atoms with Crippen LogP contribution in [0.5, 0.6) is 11.5 Å². The molecule has 9 N–H and O–H groups in total. The number of carbonyl (C=O) groups is 2. The summed E-state index contributed by atoms with van der Waals surface area (Å²) in [5.74, 6) is 6.44. The van der Waals surface area contributed by atoms with Crippen molar-refractivity contribution >= 4 is 52.4 Å². The highest BCUT2D eigenvalue weighted by Crippen LogP contribution is 2.66. The first-order valence-electron chi connectivity index (χ1n) is 26.1. The smallest absolute Gasteiger partial charge is 0.456 e. The summed E-state index contributed by atoms with van der Waals surface area (Å²) < 4.78 is 62.3. The molecule has 8 rings (SSSR count). The van der Waals surface area contributed by atoms with Gasteiger partial charge in [0.1, 0.15) is 42.2 Å². The molecule has 4 aromatic rings. The molecule has 80 heavy (non-hydrogen) atoms. The quantitative estimate of drug-likeness (QED) is 0.0369.